The average molecular weight is 256 g/mol. The lowest BCUT2D eigenvalue weighted by Crippen LogP contribution is -2.49. The molecule has 0 amide bonds. The molecule has 0 aromatic rings. The second-order valence-corrected chi connectivity index (χ2v) is 4.65. The topological polar surface area (TPSA) is 66.6 Å². The zero-order chi connectivity index (χ0) is 13.9. The van der Waals surface area contributed by atoms with Crippen molar-refractivity contribution in [1.29, 1.82) is 0 Å². The largest absolute Gasteiger partial charge is 0.480 e. The van der Waals surface area contributed by atoms with Gasteiger partial charge in [0.15, 0.2) is 0 Å². The van der Waals surface area contributed by atoms with E-state index in [9.17, 15) is 18.0 Å². The van der Waals surface area contributed by atoms with Crippen molar-refractivity contribution < 1.29 is 23.1 Å². The maximum absolute atomic E-state index is 12.3. The summed E-state index contributed by atoms with van der Waals surface area (Å²) < 4.78 is 36.8. The number of halogens is 3. The van der Waals surface area contributed by atoms with Gasteiger partial charge in [-0.3, -0.25) is 9.69 Å². The lowest BCUT2D eigenvalue weighted by molar-refractivity contribution is -0.151. The van der Waals surface area contributed by atoms with E-state index in [0.717, 1.165) is 4.90 Å². The van der Waals surface area contributed by atoms with Crippen LogP contribution in [-0.4, -0.2) is 46.8 Å². The average Bonchev–Trinajstić information content (AvgIpc) is 2.09. The molecule has 1 atom stereocenters. The monoisotopic (exact) mass is 256 g/mol. The number of carbonyl (C=O) groups is 1. The number of alkyl halides is 3. The molecule has 0 spiro atoms. The van der Waals surface area contributed by atoms with E-state index in [1.807, 2.05) is 0 Å². The van der Waals surface area contributed by atoms with Crippen molar-refractivity contribution in [1.82, 2.24) is 4.90 Å². The Hall–Kier alpha value is -0.820. The van der Waals surface area contributed by atoms with Crippen LogP contribution >= 0.6 is 0 Å². The van der Waals surface area contributed by atoms with Crippen LogP contribution in [-0.2, 0) is 4.79 Å². The summed E-state index contributed by atoms with van der Waals surface area (Å²) in [7, 11) is 0. The summed E-state index contributed by atoms with van der Waals surface area (Å²) in [5.41, 5.74) is 3.96. The first-order valence-corrected chi connectivity index (χ1v) is 5.29. The summed E-state index contributed by atoms with van der Waals surface area (Å²) >= 11 is 0. The van der Waals surface area contributed by atoms with Gasteiger partial charge in [0.25, 0.3) is 0 Å². The Balaban J connectivity index is 4.43. The lowest BCUT2D eigenvalue weighted by Gasteiger charge is -2.30. The Bertz CT molecular complexity index is 265. The normalized spacial score (nSPS) is 16.3. The zero-order valence-corrected chi connectivity index (χ0v) is 10.2. The summed E-state index contributed by atoms with van der Waals surface area (Å²) in [6, 6.07) is -0.318. The highest BCUT2D eigenvalue weighted by molar-refractivity contribution is 5.77. The molecule has 0 aromatic carbocycles. The molecule has 0 fully saturated rings. The van der Waals surface area contributed by atoms with Gasteiger partial charge in [0, 0.05) is 12.6 Å². The molecule has 0 aliphatic heterocycles. The molecule has 1 unspecified atom stereocenters. The first-order chi connectivity index (χ1) is 7.46. The molecule has 0 bridgehead atoms. The van der Waals surface area contributed by atoms with Crippen LogP contribution in [0.5, 0.6) is 0 Å². The molecule has 7 heteroatoms. The standard InChI is InChI=1S/C10H19F3N2O2/c1-7(2)15(6-10(11,12)13)5-4-9(3,14)8(16)17/h7H,4-6,14H2,1-3H3,(H,16,17). The van der Waals surface area contributed by atoms with E-state index >= 15 is 0 Å². The van der Waals surface area contributed by atoms with E-state index in [1.54, 1.807) is 13.8 Å². The van der Waals surface area contributed by atoms with Crippen molar-refractivity contribution in [3.63, 3.8) is 0 Å². The number of hydrogen-bond donors (Lipinski definition) is 2. The molecule has 0 radical (unpaired) electrons. The van der Waals surface area contributed by atoms with Crippen LogP contribution in [0.1, 0.15) is 27.2 Å². The maximum atomic E-state index is 12.3. The molecular formula is C10H19F3N2O2. The van der Waals surface area contributed by atoms with Crippen molar-refractivity contribution in [2.45, 2.75) is 44.9 Å². The molecule has 0 heterocycles. The van der Waals surface area contributed by atoms with Crippen LogP contribution in [0.3, 0.4) is 0 Å². The van der Waals surface area contributed by atoms with Gasteiger partial charge in [0.05, 0.1) is 6.54 Å². The maximum Gasteiger partial charge on any atom is 0.401 e. The second-order valence-electron chi connectivity index (χ2n) is 4.65. The Morgan fingerprint density at radius 1 is 1.41 bits per heavy atom. The molecule has 0 saturated carbocycles. The third kappa shape index (κ3) is 6.48. The predicted molar refractivity (Wildman–Crippen MR) is 57.6 cm³/mol. The first kappa shape index (κ1) is 16.2. The molecule has 0 saturated heterocycles. The molecule has 0 rings (SSSR count). The van der Waals surface area contributed by atoms with Gasteiger partial charge in [-0.1, -0.05) is 0 Å². The number of nitrogens with zero attached hydrogens (tertiary/aromatic N) is 1. The Morgan fingerprint density at radius 2 is 1.88 bits per heavy atom. The van der Waals surface area contributed by atoms with Crippen LogP contribution in [0.15, 0.2) is 0 Å². The highest BCUT2D eigenvalue weighted by atomic mass is 19.4. The van der Waals surface area contributed by atoms with Gasteiger partial charge < -0.3 is 10.8 Å². The first-order valence-electron chi connectivity index (χ1n) is 5.29. The smallest absolute Gasteiger partial charge is 0.401 e. The number of nitrogens with two attached hydrogens (primary N) is 1. The minimum Gasteiger partial charge on any atom is -0.480 e. The fraction of sp³-hybridized carbons (Fsp3) is 0.900. The summed E-state index contributed by atoms with van der Waals surface area (Å²) in [6.07, 6.45) is -4.32. The van der Waals surface area contributed by atoms with E-state index < -0.39 is 24.2 Å². The van der Waals surface area contributed by atoms with Gasteiger partial charge in [-0.15, -0.1) is 0 Å². The fourth-order valence-corrected chi connectivity index (χ4v) is 1.23. The molecule has 102 valence electrons. The fourth-order valence-electron chi connectivity index (χ4n) is 1.23. The summed E-state index contributed by atoms with van der Waals surface area (Å²) in [4.78, 5) is 11.9. The van der Waals surface area contributed by atoms with Gasteiger partial charge in [0.1, 0.15) is 5.54 Å². The summed E-state index contributed by atoms with van der Waals surface area (Å²) in [5.74, 6) is -1.21. The van der Waals surface area contributed by atoms with Gasteiger partial charge in [-0.25, -0.2) is 0 Å². The highest BCUT2D eigenvalue weighted by Crippen LogP contribution is 2.19. The number of carboxylic acids is 1. The van der Waals surface area contributed by atoms with E-state index in [1.165, 1.54) is 6.92 Å². The third-order valence-electron chi connectivity index (χ3n) is 2.52. The molecule has 17 heavy (non-hydrogen) atoms. The van der Waals surface area contributed by atoms with E-state index in [4.69, 9.17) is 10.8 Å². The van der Waals surface area contributed by atoms with E-state index in [2.05, 4.69) is 0 Å². The van der Waals surface area contributed by atoms with Gasteiger partial charge in [0.2, 0.25) is 0 Å². The summed E-state index contributed by atoms with van der Waals surface area (Å²) in [5, 5.41) is 8.76. The SMILES string of the molecule is CC(C)N(CCC(C)(N)C(=O)O)CC(F)(F)F. The van der Waals surface area contributed by atoms with Crippen molar-refractivity contribution >= 4 is 5.97 Å². The van der Waals surface area contributed by atoms with Crippen LogP contribution in [0.4, 0.5) is 13.2 Å². The van der Waals surface area contributed by atoms with Crippen molar-refractivity contribution in [3.8, 4) is 0 Å². The molecule has 3 N–H and O–H groups in total. The zero-order valence-electron chi connectivity index (χ0n) is 10.2. The molecule has 0 aliphatic rings. The molecule has 4 nitrogen and oxygen atoms in total. The number of aliphatic carboxylic acids is 1. The quantitative estimate of drug-likeness (QED) is 0.755. The molecule has 0 aromatic heterocycles. The van der Waals surface area contributed by atoms with Crippen molar-refractivity contribution in [3.05, 3.63) is 0 Å². The van der Waals surface area contributed by atoms with E-state index in [-0.39, 0.29) is 19.0 Å². The van der Waals surface area contributed by atoms with Crippen LogP contribution in [0.25, 0.3) is 0 Å². The van der Waals surface area contributed by atoms with Crippen LogP contribution in [0.2, 0.25) is 0 Å². The van der Waals surface area contributed by atoms with Crippen molar-refractivity contribution in [2.75, 3.05) is 13.1 Å². The van der Waals surface area contributed by atoms with Gasteiger partial charge in [-0.05, 0) is 27.2 Å². The van der Waals surface area contributed by atoms with Gasteiger partial charge >= 0.3 is 12.1 Å². The Morgan fingerprint density at radius 3 is 2.18 bits per heavy atom. The Kier molecular flexibility index (Phi) is 5.41. The summed E-state index contributed by atoms with van der Waals surface area (Å²) in [6.45, 7) is 3.49. The molecule has 0 aliphatic carbocycles. The van der Waals surface area contributed by atoms with Crippen LogP contribution < -0.4 is 5.73 Å². The minimum absolute atomic E-state index is 0.00350. The third-order valence-corrected chi connectivity index (χ3v) is 2.52. The van der Waals surface area contributed by atoms with E-state index in [0.29, 0.717) is 0 Å². The predicted octanol–water partition coefficient (Wildman–Crippen LogP) is 1.45. The Labute approximate surface area is 98.6 Å². The number of carboxylic acid groups (broad SMARTS) is 1. The van der Waals surface area contributed by atoms with Crippen molar-refractivity contribution in [2.24, 2.45) is 5.73 Å². The molecular weight excluding hydrogens is 237 g/mol. The van der Waals surface area contributed by atoms with Gasteiger partial charge in [-0.2, -0.15) is 13.2 Å². The second kappa shape index (κ2) is 5.68. The number of hydrogen-bond acceptors (Lipinski definition) is 3. The lowest BCUT2D eigenvalue weighted by atomic mass is 9.99. The van der Waals surface area contributed by atoms with Crippen LogP contribution in [0, 0.1) is 0 Å². The highest BCUT2D eigenvalue weighted by Gasteiger charge is 2.34. The minimum atomic E-state index is -4.29. The number of rotatable bonds is 6.